The van der Waals surface area contributed by atoms with Crippen LogP contribution in [0.5, 0.6) is 0 Å². The number of hydrogen-bond acceptors (Lipinski definition) is 2. The molecule has 0 bridgehead atoms. The summed E-state index contributed by atoms with van der Waals surface area (Å²) < 4.78 is 25.3. The van der Waals surface area contributed by atoms with Crippen molar-refractivity contribution in [1.29, 1.82) is 0 Å². The van der Waals surface area contributed by atoms with Crippen LogP contribution >= 0.6 is 0 Å². The van der Waals surface area contributed by atoms with E-state index >= 15 is 0 Å². The van der Waals surface area contributed by atoms with Gasteiger partial charge in [-0.3, -0.25) is 0 Å². The second kappa shape index (κ2) is 16.4. The quantitative estimate of drug-likeness (QED) is 0.208. The van der Waals surface area contributed by atoms with Crippen molar-refractivity contribution in [2.75, 3.05) is 11.5 Å². The SMILES string of the molecule is CC1=C(/C=C/C(C)=C/C=C/C(C)=C/CS(=O)(=O)C/C=C(C)/C=C/C=C(C)/C=C/C2=C(C)CCCC2(C)C)C(C)(C)CCC1. The molecule has 2 aliphatic rings. The smallest absolute Gasteiger partial charge is 0.157 e. The van der Waals surface area contributed by atoms with Crippen molar-refractivity contribution >= 4 is 9.84 Å². The summed E-state index contributed by atoms with van der Waals surface area (Å²) in [7, 11) is -3.21. The van der Waals surface area contributed by atoms with Gasteiger partial charge in [0.15, 0.2) is 9.84 Å². The molecule has 0 N–H and O–H groups in total. The average Bonchev–Trinajstić information content (AvgIpc) is 2.89. The van der Waals surface area contributed by atoms with E-state index in [1.807, 2.05) is 38.2 Å². The minimum absolute atomic E-state index is 0.0389. The first-order valence-electron chi connectivity index (χ1n) is 16.0. The van der Waals surface area contributed by atoms with Crippen LogP contribution in [0.15, 0.2) is 117 Å². The third-order valence-corrected chi connectivity index (χ3v) is 10.2. The lowest BCUT2D eigenvalue weighted by molar-refractivity contribution is 0.376. The van der Waals surface area contributed by atoms with Gasteiger partial charge in [-0.2, -0.15) is 0 Å². The molecule has 236 valence electrons. The summed E-state index contributed by atoms with van der Waals surface area (Å²) in [5, 5.41) is 0. The lowest BCUT2D eigenvalue weighted by Crippen LogP contribution is -2.19. The summed E-state index contributed by atoms with van der Waals surface area (Å²) in [5.41, 5.74) is 10.6. The zero-order valence-corrected chi connectivity index (χ0v) is 29.6. The summed E-state index contributed by atoms with van der Waals surface area (Å²) in [6, 6.07) is 0. The van der Waals surface area contributed by atoms with E-state index in [0.29, 0.717) is 0 Å². The number of allylic oxidation sites excluding steroid dienone is 18. The summed E-state index contributed by atoms with van der Waals surface area (Å²) in [5.74, 6) is 0.0778. The monoisotopic (exact) mass is 602 g/mol. The molecule has 0 amide bonds. The van der Waals surface area contributed by atoms with E-state index in [1.165, 1.54) is 72.0 Å². The van der Waals surface area contributed by atoms with Gasteiger partial charge >= 0.3 is 0 Å². The minimum atomic E-state index is -3.21. The molecule has 43 heavy (non-hydrogen) atoms. The number of sulfone groups is 1. The van der Waals surface area contributed by atoms with Crippen molar-refractivity contribution in [3.05, 3.63) is 117 Å². The van der Waals surface area contributed by atoms with Crippen molar-refractivity contribution in [3.8, 4) is 0 Å². The van der Waals surface area contributed by atoms with Gasteiger partial charge < -0.3 is 0 Å². The molecule has 0 atom stereocenters. The summed E-state index contributed by atoms with van der Waals surface area (Å²) in [6.07, 6.45) is 32.0. The fraction of sp³-hybridized carbons (Fsp3) is 0.500. The Balaban J connectivity index is 1.90. The molecule has 0 radical (unpaired) electrons. The Bertz CT molecular complexity index is 1300. The normalized spacial score (nSPS) is 21.4. The van der Waals surface area contributed by atoms with E-state index in [0.717, 1.165) is 11.1 Å². The lowest BCUT2D eigenvalue weighted by Gasteiger charge is -2.33. The standard InChI is InChI=1S/C40H58O2S/c1-31(21-23-37-35(5)19-13-27-39(37,7)8)15-11-17-33(3)25-29-43(41,42)30-26-34(4)18-12-16-32(2)22-24-38-36(6)20-14-28-40(38,9)10/h11-12,15-18,21-26H,13-14,19-20,27-30H2,1-10H3/b17-11+,18-12+,23-21+,24-22+,31-15+,32-16+,33-25+,34-26+. The van der Waals surface area contributed by atoms with E-state index < -0.39 is 9.84 Å². The summed E-state index contributed by atoms with van der Waals surface area (Å²) >= 11 is 0. The predicted molar refractivity (Wildman–Crippen MR) is 191 cm³/mol. The van der Waals surface area contributed by atoms with Crippen molar-refractivity contribution < 1.29 is 8.42 Å². The fourth-order valence-corrected chi connectivity index (χ4v) is 7.16. The maximum absolute atomic E-state index is 12.6. The molecule has 2 nitrogen and oxygen atoms in total. The van der Waals surface area contributed by atoms with Crippen molar-refractivity contribution in [3.63, 3.8) is 0 Å². The van der Waals surface area contributed by atoms with Crippen LogP contribution in [-0.2, 0) is 9.84 Å². The Kier molecular flexibility index (Phi) is 14.0. The van der Waals surface area contributed by atoms with Crippen LogP contribution in [-0.4, -0.2) is 19.9 Å². The minimum Gasteiger partial charge on any atom is -0.228 e. The van der Waals surface area contributed by atoms with Gasteiger partial charge in [-0.25, -0.2) is 8.42 Å². The molecule has 0 aliphatic heterocycles. The van der Waals surface area contributed by atoms with Gasteiger partial charge in [0.25, 0.3) is 0 Å². The van der Waals surface area contributed by atoms with Gasteiger partial charge in [0.1, 0.15) is 0 Å². The second-order valence-electron chi connectivity index (χ2n) is 14.0. The highest BCUT2D eigenvalue weighted by Gasteiger charge is 2.27. The molecule has 0 fully saturated rings. The highest BCUT2D eigenvalue weighted by Crippen LogP contribution is 2.41. The number of hydrogen-bond donors (Lipinski definition) is 0. The molecule has 0 aromatic carbocycles. The van der Waals surface area contributed by atoms with Crippen LogP contribution < -0.4 is 0 Å². The highest BCUT2D eigenvalue weighted by molar-refractivity contribution is 7.91. The van der Waals surface area contributed by atoms with Gasteiger partial charge in [-0.05, 0) is 102 Å². The van der Waals surface area contributed by atoms with Crippen molar-refractivity contribution in [1.82, 2.24) is 0 Å². The molecule has 2 aliphatic carbocycles. The second-order valence-corrected chi connectivity index (χ2v) is 16.2. The topological polar surface area (TPSA) is 34.1 Å². The lowest BCUT2D eigenvalue weighted by atomic mass is 9.72. The molecular formula is C40H58O2S. The average molecular weight is 603 g/mol. The molecule has 0 saturated heterocycles. The van der Waals surface area contributed by atoms with Gasteiger partial charge in [0.05, 0.1) is 11.5 Å². The van der Waals surface area contributed by atoms with E-state index in [4.69, 9.17) is 0 Å². The zero-order valence-electron chi connectivity index (χ0n) is 28.8. The van der Waals surface area contributed by atoms with E-state index in [1.54, 1.807) is 12.2 Å². The third-order valence-electron chi connectivity index (χ3n) is 8.87. The molecule has 0 saturated carbocycles. The molecule has 3 heteroatoms. The predicted octanol–water partition coefficient (Wildman–Crippen LogP) is 11.5. The molecule has 0 unspecified atom stereocenters. The first-order valence-corrected chi connectivity index (χ1v) is 17.8. The Morgan fingerprint density at radius 1 is 0.628 bits per heavy atom. The van der Waals surface area contributed by atoms with Gasteiger partial charge in [0.2, 0.25) is 0 Å². The molecule has 2 rings (SSSR count). The molecule has 0 heterocycles. The van der Waals surface area contributed by atoms with Crippen LogP contribution in [0.1, 0.15) is 108 Å². The Labute approximate surface area is 265 Å². The molecular weight excluding hydrogens is 545 g/mol. The highest BCUT2D eigenvalue weighted by atomic mass is 32.2. The van der Waals surface area contributed by atoms with Gasteiger partial charge in [-0.15, -0.1) is 0 Å². The molecule has 0 aromatic heterocycles. The maximum Gasteiger partial charge on any atom is 0.157 e. The fourth-order valence-electron chi connectivity index (χ4n) is 5.99. The van der Waals surface area contributed by atoms with Crippen molar-refractivity contribution in [2.24, 2.45) is 10.8 Å². The van der Waals surface area contributed by atoms with Crippen LogP contribution in [0.2, 0.25) is 0 Å². The third kappa shape index (κ3) is 12.9. The van der Waals surface area contributed by atoms with E-state index in [2.05, 4.69) is 91.8 Å². The van der Waals surface area contributed by atoms with Gasteiger partial charge in [-0.1, -0.05) is 134 Å². The summed E-state index contributed by atoms with van der Waals surface area (Å²) in [6.45, 7) is 21.9. The van der Waals surface area contributed by atoms with Crippen molar-refractivity contribution in [2.45, 2.75) is 108 Å². The number of rotatable bonds is 12. The van der Waals surface area contributed by atoms with E-state index in [9.17, 15) is 8.42 Å². The Morgan fingerprint density at radius 3 is 1.35 bits per heavy atom. The Hall–Kier alpha value is -2.65. The Morgan fingerprint density at radius 2 is 1.00 bits per heavy atom. The molecule has 0 aromatic rings. The van der Waals surface area contributed by atoms with E-state index in [-0.39, 0.29) is 22.3 Å². The first-order chi connectivity index (χ1) is 20.0. The largest absolute Gasteiger partial charge is 0.228 e. The maximum atomic E-state index is 12.6. The van der Waals surface area contributed by atoms with Crippen LogP contribution in [0, 0.1) is 10.8 Å². The van der Waals surface area contributed by atoms with Gasteiger partial charge in [0, 0.05) is 0 Å². The first kappa shape index (κ1) is 36.5. The summed E-state index contributed by atoms with van der Waals surface area (Å²) in [4.78, 5) is 0. The van der Waals surface area contributed by atoms with Crippen LogP contribution in [0.4, 0.5) is 0 Å². The molecule has 0 spiro atoms. The van der Waals surface area contributed by atoms with Crippen LogP contribution in [0.25, 0.3) is 0 Å². The zero-order chi connectivity index (χ0) is 32.3. The van der Waals surface area contributed by atoms with Crippen LogP contribution in [0.3, 0.4) is 0 Å².